The summed E-state index contributed by atoms with van der Waals surface area (Å²) in [5, 5.41) is 21.8. The van der Waals surface area contributed by atoms with E-state index in [0.717, 1.165) is 48.5 Å². The van der Waals surface area contributed by atoms with Gasteiger partial charge in [0.25, 0.3) is 6.01 Å². The van der Waals surface area contributed by atoms with Crippen LogP contribution in [-0.4, -0.2) is 62.0 Å². The first-order chi connectivity index (χ1) is 20.1. The molecule has 2 unspecified atom stereocenters. The molecule has 3 aromatic heterocycles. The van der Waals surface area contributed by atoms with Gasteiger partial charge in [0.05, 0.1) is 17.9 Å². The first-order valence-corrected chi connectivity index (χ1v) is 13.5. The fourth-order valence-electron chi connectivity index (χ4n) is 5.68. The van der Waals surface area contributed by atoms with E-state index in [4.69, 9.17) is 15.1 Å². The van der Waals surface area contributed by atoms with E-state index in [-0.39, 0.29) is 17.8 Å². The molecular weight excluding hydrogens is 518 g/mol. The van der Waals surface area contributed by atoms with Crippen molar-refractivity contribution in [2.45, 2.75) is 24.9 Å². The van der Waals surface area contributed by atoms with Gasteiger partial charge in [-0.2, -0.15) is 4.98 Å². The predicted octanol–water partition coefficient (Wildman–Crippen LogP) is 3.68. The first-order valence-electron chi connectivity index (χ1n) is 13.5. The van der Waals surface area contributed by atoms with Crippen molar-refractivity contribution in [1.82, 2.24) is 25.1 Å². The van der Waals surface area contributed by atoms with Crippen molar-refractivity contribution < 1.29 is 9.52 Å². The summed E-state index contributed by atoms with van der Waals surface area (Å²) in [5.74, 6) is 8.00. The molecule has 2 fully saturated rings. The van der Waals surface area contributed by atoms with Crippen molar-refractivity contribution in [2.24, 2.45) is 0 Å². The van der Waals surface area contributed by atoms with E-state index in [2.05, 4.69) is 47.1 Å². The quantitative estimate of drug-likeness (QED) is 0.278. The number of benzene rings is 2. The van der Waals surface area contributed by atoms with Crippen LogP contribution in [0.5, 0.6) is 5.75 Å². The Labute approximate surface area is 236 Å². The highest BCUT2D eigenvalue weighted by Gasteiger charge is 2.41. The molecule has 2 atom stereocenters. The second-order valence-corrected chi connectivity index (χ2v) is 10.1. The average molecular weight is 546 g/mol. The fraction of sp³-hybridized carbons (Fsp3) is 0.233. The van der Waals surface area contributed by atoms with E-state index in [0.29, 0.717) is 35.5 Å². The number of anilines is 4. The van der Waals surface area contributed by atoms with Crippen molar-refractivity contribution >= 4 is 34.4 Å². The van der Waals surface area contributed by atoms with Gasteiger partial charge >= 0.3 is 0 Å². The Kier molecular flexibility index (Phi) is 6.20. The van der Waals surface area contributed by atoms with Crippen LogP contribution in [0.1, 0.15) is 18.7 Å². The number of piperazine rings is 1. The molecule has 2 bridgehead atoms. The summed E-state index contributed by atoms with van der Waals surface area (Å²) in [7, 11) is 0. The van der Waals surface area contributed by atoms with Gasteiger partial charge in [-0.05, 0) is 55.2 Å². The largest absolute Gasteiger partial charge is 0.507 e. The molecule has 4 N–H and O–H groups in total. The van der Waals surface area contributed by atoms with Crippen LogP contribution in [0, 0.1) is 11.8 Å². The highest BCUT2D eigenvalue weighted by Crippen LogP contribution is 2.38. The Hall–Kier alpha value is -5.37. The predicted molar refractivity (Wildman–Crippen MR) is 156 cm³/mol. The van der Waals surface area contributed by atoms with Gasteiger partial charge in [-0.25, -0.2) is 9.97 Å². The summed E-state index contributed by atoms with van der Waals surface area (Å²) in [6.45, 7) is 1.90. The van der Waals surface area contributed by atoms with Gasteiger partial charge < -0.3 is 30.4 Å². The van der Waals surface area contributed by atoms with Gasteiger partial charge in [-0.15, -0.1) is 10.2 Å². The number of para-hydroxylation sites is 3. The summed E-state index contributed by atoms with van der Waals surface area (Å²) < 4.78 is 5.67. The minimum atomic E-state index is 0.159. The Morgan fingerprint density at radius 2 is 1.80 bits per heavy atom. The number of nitrogens with one attached hydrogen (secondary N) is 1. The lowest BCUT2D eigenvalue weighted by Crippen LogP contribution is -2.54. The van der Waals surface area contributed by atoms with E-state index < -0.39 is 0 Å². The SMILES string of the molecule is Nc1nnc(-c2ccccc2O)cc1N1CC2CCC(C1)N2c1ccnc(C#CCNc2nc3ccccc3o2)n1. The third-order valence-corrected chi connectivity index (χ3v) is 7.53. The summed E-state index contributed by atoms with van der Waals surface area (Å²) in [4.78, 5) is 18.2. The number of hydrogen-bond acceptors (Lipinski definition) is 11. The standard InChI is InChI=1S/C30H27N9O2/c31-29-24(16-23(36-37-29)21-6-1-3-8-25(21)40)38-17-19-11-12-20(18-38)39(19)28-13-15-32-27(35-28)10-5-14-33-30-34-22-7-2-4-9-26(22)41-30/h1-4,6-9,13,15-16,19-20,40H,11-12,14,17-18H2,(H2,31,37)(H,33,34). The van der Waals surface area contributed by atoms with E-state index in [1.807, 2.05) is 48.5 Å². The summed E-state index contributed by atoms with van der Waals surface area (Å²) in [6, 6.07) is 19.5. The van der Waals surface area contributed by atoms with E-state index in [1.165, 1.54) is 0 Å². The molecule has 5 heterocycles. The lowest BCUT2D eigenvalue weighted by atomic mass is 10.1. The molecule has 2 aliphatic heterocycles. The van der Waals surface area contributed by atoms with Gasteiger partial charge in [0.15, 0.2) is 11.4 Å². The van der Waals surface area contributed by atoms with Crippen LogP contribution in [-0.2, 0) is 0 Å². The molecule has 204 valence electrons. The third-order valence-electron chi connectivity index (χ3n) is 7.53. The molecule has 0 spiro atoms. The molecule has 41 heavy (non-hydrogen) atoms. The monoisotopic (exact) mass is 545 g/mol. The highest BCUT2D eigenvalue weighted by molar-refractivity contribution is 5.75. The molecule has 0 aliphatic carbocycles. The van der Waals surface area contributed by atoms with Crippen molar-refractivity contribution in [2.75, 3.05) is 40.5 Å². The van der Waals surface area contributed by atoms with Crippen LogP contribution in [0.2, 0.25) is 0 Å². The maximum Gasteiger partial charge on any atom is 0.296 e. The van der Waals surface area contributed by atoms with Gasteiger partial charge in [0.2, 0.25) is 5.82 Å². The maximum atomic E-state index is 10.3. The summed E-state index contributed by atoms with van der Waals surface area (Å²) in [6.07, 6.45) is 3.85. The number of phenols is 1. The lowest BCUT2D eigenvalue weighted by Gasteiger charge is -2.42. The Balaban J connectivity index is 1.05. The number of fused-ring (bicyclic) bond motifs is 3. The van der Waals surface area contributed by atoms with Crippen LogP contribution >= 0.6 is 0 Å². The number of phenolic OH excluding ortho intramolecular Hbond substituents is 1. The molecule has 0 saturated carbocycles. The number of nitrogen functional groups attached to an aromatic ring is 1. The van der Waals surface area contributed by atoms with E-state index >= 15 is 0 Å². The second kappa shape index (κ2) is 10.3. The molecule has 7 rings (SSSR count). The van der Waals surface area contributed by atoms with Crippen molar-refractivity contribution in [3.8, 4) is 28.8 Å². The fourth-order valence-corrected chi connectivity index (χ4v) is 5.68. The first kappa shape index (κ1) is 24.7. The summed E-state index contributed by atoms with van der Waals surface area (Å²) in [5.41, 5.74) is 9.86. The molecule has 2 saturated heterocycles. The maximum absolute atomic E-state index is 10.3. The normalized spacial score (nSPS) is 17.9. The molecule has 11 heteroatoms. The Morgan fingerprint density at radius 1 is 1.00 bits per heavy atom. The Morgan fingerprint density at radius 3 is 2.63 bits per heavy atom. The van der Waals surface area contributed by atoms with Crippen molar-refractivity contribution in [1.29, 1.82) is 0 Å². The van der Waals surface area contributed by atoms with E-state index in [9.17, 15) is 5.11 Å². The van der Waals surface area contributed by atoms with Crippen molar-refractivity contribution in [3.05, 3.63) is 72.7 Å². The number of nitrogens with two attached hydrogens (primary N) is 1. The topological polar surface area (TPSA) is 142 Å². The van der Waals surface area contributed by atoms with Gasteiger partial charge in [-0.3, -0.25) is 0 Å². The summed E-state index contributed by atoms with van der Waals surface area (Å²) >= 11 is 0. The average Bonchev–Trinajstić information content (AvgIpc) is 3.53. The molecule has 2 aliphatic rings. The molecule has 2 aromatic carbocycles. The third kappa shape index (κ3) is 4.80. The molecule has 5 aromatic rings. The van der Waals surface area contributed by atoms with Crippen LogP contribution in [0.3, 0.4) is 0 Å². The van der Waals surface area contributed by atoms with Crippen LogP contribution in [0.25, 0.3) is 22.4 Å². The molecular formula is C30H27N9O2. The van der Waals surface area contributed by atoms with Crippen LogP contribution < -0.4 is 20.9 Å². The molecule has 0 radical (unpaired) electrons. The second-order valence-electron chi connectivity index (χ2n) is 10.1. The van der Waals surface area contributed by atoms with Gasteiger partial charge in [-0.1, -0.05) is 30.2 Å². The number of nitrogens with zero attached hydrogens (tertiary/aromatic N) is 7. The number of oxazole rings is 1. The Bertz CT molecular complexity index is 1750. The van der Waals surface area contributed by atoms with Crippen molar-refractivity contribution in [3.63, 3.8) is 0 Å². The smallest absolute Gasteiger partial charge is 0.296 e. The minimum Gasteiger partial charge on any atom is -0.507 e. The lowest BCUT2D eigenvalue weighted by molar-refractivity contribution is 0.477. The zero-order chi connectivity index (χ0) is 27.8. The minimum absolute atomic E-state index is 0.159. The number of hydrogen-bond donors (Lipinski definition) is 3. The van der Waals surface area contributed by atoms with Crippen LogP contribution in [0.4, 0.5) is 23.3 Å². The number of aromatic hydroxyl groups is 1. The number of rotatable bonds is 5. The zero-order valence-electron chi connectivity index (χ0n) is 22.1. The van der Waals surface area contributed by atoms with Gasteiger partial charge in [0, 0.05) is 36.9 Å². The molecule has 0 amide bonds. The number of aromatic nitrogens is 5. The van der Waals surface area contributed by atoms with E-state index in [1.54, 1.807) is 18.3 Å². The highest BCUT2D eigenvalue weighted by atomic mass is 16.4. The van der Waals surface area contributed by atoms with Gasteiger partial charge in [0.1, 0.15) is 17.1 Å². The van der Waals surface area contributed by atoms with Crippen LogP contribution in [0.15, 0.2) is 71.3 Å². The molecule has 11 nitrogen and oxygen atoms in total. The zero-order valence-corrected chi connectivity index (χ0v) is 22.1.